The first kappa shape index (κ1) is 42.0. The molecule has 16 nitrogen and oxygen atoms in total. The first-order valence-electron chi connectivity index (χ1n) is 21.0. The van der Waals surface area contributed by atoms with Crippen molar-refractivity contribution in [2.45, 2.75) is 51.9 Å². The van der Waals surface area contributed by atoms with Gasteiger partial charge in [0.05, 0.1) is 55.9 Å². The summed E-state index contributed by atoms with van der Waals surface area (Å²) in [6.07, 6.45) is 6.58. The molecule has 4 N–H and O–H groups in total. The van der Waals surface area contributed by atoms with Crippen LogP contribution in [0.1, 0.15) is 57.8 Å². The second kappa shape index (κ2) is 20.3. The molecule has 2 aliphatic heterocycles. The Kier molecular flexibility index (Phi) is 13.3. The topological polar surface area (TPSA) is 193 Å². The van der Waals surface area contributed by atoms with E-state index in [4.69, 9.17) is 31.4 Å². The molecule has 0 aliphatic carbocycles. The van der Waals surface area contributed by atoms with Crippen LogP contribution in [0.3, 0.4) is 0 Å². The smallest absolute Gasteiger partial charge is 0.280 e. The van der Waals surface area contributed by atoms with Crippen molar-refractivity contribution in [3.05, 3.63) is 117 Å². The van der Waals surface area contributed by atoms with Crippen LogP contribution < -0.4 is 20.1 Å². The molecule has 2 aromatic carbocycles. The molecule has 0 bridgehead atoms. The van der Waals surface area contributed by atoms with Crippen molar-refractivity contribution in [2.24, 2.45) is 14.1 Å². The summed E-state index contributed by atoms with van der Waals surface area (Å²) in [6, 6.07) is 9.01. The molecule has 64 heavy (non-hydrogen) atoms. The molecule has 4 atom stereocenters. The fourth-order valence-electron chi connectivity index (χ4n) is 6.35. The lowest BCUT2D eigenvalue weighted by molar-refractivity contribution is -0.120. The molecule has 0 spiro atoms. The number of aryl methyl sites for hydroxylation is 2. The zero-order valence-electron chi connectivity index (χ0n) is 38.1. The molecule has 0 radical (unpaired) electrons. The van der Waals surface area contributed by atoms with Gasteiger partial charge in [-0.1, -0.05) is 38.1 Å². The van der Waals surface area contributed by atoms with E-state index in [1.807, 2.05) is 14.1 Å². The Morgan fingerprint density at radius 1 is 0.703 bits per heavy atom. The number of amides is 2. The Labute approximate surface area is 397 Å². The van der Waals surface area contributed by atoms with Crippen LogP contribution in [0.2, 0.25) is 10.0 Å². The molecular formula is C40H46Cl2F2N10O6S4. The van der Waals surface area contributed by atoms with Crippen LogP contribution in [0.15, 0.2) is 85.7 Å². The predicted octanol–water partition coefficient (Wildman–Crippen LogP) is 7.59. The zero-order chi connectivity index (χ0) is 49.7. The van der Waals surface area contributed by atoms with E-state index < -0.39 is 82.0 Å². The number of nitrogens with one attached hydrogen (secondary N) is 4. The Balaban J connectivity index is 0.000000254. The first-order chi connectivity index (χ1) is 31.7. The number of thiophene rings is 2. The van der Waals surface area contributed by atoms with E-state index in [0.29, 0.717) is 21.1 Å². The second-order valence-electron chi connectivity index (χ2n) is 13.9. The molecule has 2 aliphatic rings. The van der Waals surface area contributed by atoms with Gasteiger partial charge in [0.2, 0.25) is 11.8 Å². The van der Waals surface area contributed by atoms with Gasteiger partial charge in [-0.2, -0.15) is 34.9 Å². The van der Waals surface area contributed by atoms with Gasteiger partial charge in [0, 0.05) is 69.8 Å². The van der Waals surface area contributed by atoms with Crippen molar-refractivity contribution in [2.75, 3.05) is 24.6 Å². The Hall–Kier alpha value is -4.62. The quantitative estimate of drug-likeness (QED) is 0.120. The number of aromatic nitrogens is 4. The summed E-state index contributed by atoms with van der Waals surface area (Å²) in [5.74, 6) is -3.16. The molecule has 2 saturated heterocycles. The molecule has 6 aromatic rings. The minimum Gasteiger partial charge on any atom is -0.340 e. The number of anilines is 2. The largest absolute Gasteiger partial charge is 0.340 e. The van der Waals surface area contributed by atoms with Crippen molar-refractivity contribution in [3.8, 4) is 21.1 Å². The number of benzene rings is 2. The minimum atomic E-state index is -4.57. The van der Waals surface area contributed by atoms with Crippen LogP contribution in [0.4, 0.5) is 20.2 Å². The molecule has 0 unspecified atom stereocenters. The third-order valence-electron chi connectivity index (χ3n) is 9.42. The number of carbonyl (C=O) groups is 2. The van der Waals surface area contributed by atoms with Crippen molar-refractivity contribution in [1.29, 1.82) is 0 Å². The maximum atomic E-state index is 13.5. The van der Waals surface area contributed by atoms with Gasteiger partial charge in [-0.25, -0.2) is 18.7 Å². The van der Waals surface area contributed by atoms with E-state index in [2.05, 4.69) is 30.0 Å². The molecule has 344 valence electrons. The number of likely N-dealkylation sites (N-methyl/N-ethyl adjacent to an activating group) is 2. The number of hydrogen-bond acceptors (Lipinski definition) is 10. The highest BCUT2D eigenvalue weighted by Gasteiger charge is 2.42. The van der Waals surface area contributed by atoms with Crippen LogP contribution in [0.5, 0.6) is 0 Å². The average Bonchev–Trinajstić information content (AvgIpc) is 4.07. The third kappa shape index (κ3) is 11.2. The highest BCUT2D eigenvalue weighted by atomic mass is 35.5. The van der Waals surface area contributed by atoms with E-state index in [9.17, 15) is 35.2 Å². The molecule has 2 fully saturated rings. The number of imidazole rings is 2. The lowest BCUT2D eigenvalue weighted by Crippen LogP contribution is -2.55. The van der Waals surface area contributed by atoms with E-state index in [1.165, 1.54) is 34.8 Å². The fraction of sp³-hybridized carbons (Fsp3) is 0.300. The Morgan fingerprint density at radius 2 is 1.09 bits per heavy atom. The predicted molar refractivity (Wildman–Crippen MR) is 249 cm³/mol. The Bertz CT molecular complexity index is 2900. The fourth-order valence-corrected chi connectivity index (χ4v) is 11.4. The first-order valence-corrected chi connectivity index (χ1v) is 23.3. The third-order valence-corrected chi connectivity index (χ3v) is 15.2. The second-order valence-corrected chi connectivity index (χ2v) is 20.1. The molecule has 4 aromatic heterocycles. The summed E-state index contributed by atoms with van der Waals surface area (Å²) in [7, 11) is -5.50. The number of halogens is 4. The summed E-state index contributed by atoms with van der Waals surface area (Å²) in [4.78, 5) is 37.5. The van der Waals surface area contributed by atoms with Crippen molar-refractivity contribution in [1.82, 2.24) is 37.2 Å². The van der Waals surface area contributed by atoms with E-state index >= 15 is 0 Å². The van der Waals surface area contributed by atoms with Gasteiger partial charge < -0.3 is 19.8 Å². The SMILES string of the molecule is C.C.[2H]C([2H])([2H])N1[C@@H](C(=O)Nc2ccc(F)c(Cl)c2)C[C@@H](c2ccc(-c3cn(C)cn3)s2)NS1(=O)=O.[2H]C([2H])([2H])N1[C@H](C(=O)Nc2ccc(F)c(Cl)c2)C[C@H](c2ccc(-c3cn(C)cn3)s2)NS1(=O)=O. The monoisotopic (exact) mass is 1000 g/mol. The van der Waals surface area contributed by atoms with E-state index in [0.717, 1.165) is 34.0 Å². The molecule has 0 saturated carbocycles. The number of hydrogen-bond donors (Lipinski definition) is 4. The summed E-state index contributed by atoms with van der Waals surface area (Å²) >= 11 is 14.1. The molecule has 24 heteroatoms. The van der Waals surface area contributed by atoms with Gasteiger partial charge in [0.15, 0.2) is 0 Å². The van der Waals surface area contributed by atoms with Crippen LogP contribution in [-0.2, 0) is 44.1 Å². The summed E-state index contributed by atoms with van der Waals surface area (Å²) < 4.78 is 134. The van der Waals surface area contributed by atoms with E-state index in [1.54, 1.807) is 58.4 Å². The molecule has 2 amide bonds. The van der Waals surface area contributed by atoms with Gasteiger partial charge in [0.1, 0.15) is 23.7 Å². The standard InChI is InChI=1S/2C19H19ClFN5O3S2.2CH4/c2*1-25-9-15(22-10-25)18-6-5-17(30-18)14-8-16(26(2)31(28,29)24-14)19(27)23-11-3-4-13(21)12(20)7-11;;/h2*3-7,9-10,14,16,24H,8H2,1-2H3,(H,23,27);2*1H4/t2*14-,16+;;/m10../s1/i2*2D3;;. The van der Waals surface area contributed by atoms with Gasteiger partial charge >= 0.3 is 0 Å². The zero-order valence-corrected chi connectivity index (χ0v) is 36.9. The highest BCUT2D eigenvalue weighted by molar-refractivity contribution is 7.87. The van der Waals surface area contributed by atoms with Gasteiger partial charge in [0.25, 0.3) is 20.4 Å². The lowest BCUT2D eigenvalue weighted by atomic mass is 10.1. The van der Waals surface area contributed by atoms with Crippen molar-refractivity contribution < 1.29 is 43.4 Å². The summed E-state index contributed by atoms with van der Waals surface area (Å²) in [5.41, 5.74) is 1.60. The normalized spacial score (nSPS) is 22.3. The van der Waals surface area contributed by atoms with E-state index in [-0.39, 0.29) is 57.7 Å². The maximum Gasteiger partial charge on any atom is 0.280 e. The van der Waals surface area contributed by atoms with Crippen LogP contribution >= 0.6 is 45.9 Å². The highest BCUT2D eigenvalue weighted by Crippen LogP contribution is 2.37. The molecule has 8 rings (SSSR count). The summed E-state index contributed by atoms with van der Waals surface area (Å²) in [6.45, 7) is -6.23. The number of carbonyl (C=O) groups excluding carboxylic acids is 2. The van der Waals surface area contributed by atoms with Gasteiger partial charge in [-0.15, -0.1) is 22.7 Å². The average molecular weight is 1010 g/mol. The number of rotatable bonds is 8. The van der Waals surface area contributed by atoms with Crippen LogP contribution in [-0.4, -0.2) is 82.4 Å². The summed E-state index contributed by atoms with van der Waals surface area (Å²) in [5, 5.41) is 4.39. The van der Waals surface area contributed by atoms with Crippen LogP contribution in [0, 0.1) is 11.6 Å². The van der Waals surface area contributed by atoms with Gasteiger partial charge in [-0.05, 0) is 73.5 Å². The number of nitrogens with zero attached hydrogens (tertiary/aromatic N) is 6. The molecular weight excluding hydrogens is 954 g/mol. The van der Waals surface area contributed by atoms with Crippen LogP contribution in [0.25, 0.3) is 21.1 Å². The van der Waals surface area contributed by atoms with Crippen molar-refractivity contribution >= 4 is 89.5 Å². The Morgan fingerprint density at radius 3 is 1.42 bits per heavy atom. The molecule has 6 heterocycles. The minimum absolute atomic E-state index is 0. The van der Waals surface area contributed by atoms with Crippen molar-refractivity contribution in [3.63, 3.8) is 0 Å². The lowest BCUT2D eigenvalue weighted by Gasteiger charge is -2.35. The van der Waals surface area contributed by atoms with Gasteiger partial charge in [-0.3, -0.25) is 9.59 Å². The maximum absolute atomic E-state index is 13.5.